The van der Waals surface area contributed by atoms with Gasteiger partial charge >= 0.3 is 5.97 Å². The fraction of sp³-hybridized carbons (Fsp3) is 0.0588. The van der Waals surface area contributed by atoms with Crippen LogP contribution in [0.1, 0.15) is 9.67 Å². The summed E-state index contributed by atoms with van der Waals surface area (Å²) in [5.41, 5.74) is 0.229. The van der Waals surface area contributed by atoms with E-state index in [0.717, 1.165) is 11.3 Å². The highest BCUT2D eigenvalue weighted by atomic mass is 32.1. The van der Waals surface area contributed by atoms with Gasteiger partial charge in [0.05, 0.1) is 4.92 Å². The molecule has 0 aliphatic heterocycles. The molecule has 1 N–H and O–H groups in total. The van der Waals surface area contributed by atoms with Gasteiger partial charge < -0.3 is 10.1 Å². The minimum absolute atomic E-state index is 0.105. The molecule has 1 amide bonds. The van der Waals surface area contributed by atoms with Crippen LogP contribution in [0.4, 0.5) is 15.8 Å². The maximum absolute atomic E-state index is 13.6. The Labute approximate surface area is 150 Å². The van der Waals surface area contributed by atoms with Crippen molar-refractivity contribution in [2.75, 3.05) is 11.9 Å². The van der Waals surface area contributed by atoms with E-state index in [-0.39, 0.29) is 10.6 Å². The molecule has 0 aliphatic rings. The SMILES string of the molecule is O=C(COC(=O)c1cc2c(F)cccc2s1)Nc1ccc([N+](=O)[O-])cc1. The lowest BCUT2D eigenvalue weighted by Crippen LogP contribution is -2.20. The third-order valence-corrected chi connectivity index (χ3v) is 4.49. The number of ether oxygens (including phenoxy) is 1. The van der Waals surface area contributed by atoms with E-state index in [1.807, 2.05) is 0 Å². The van der Waals surface area contributed by atoms with Gasteiger partial charge in [0.2, 0.25) is 0 Å². The number of nitrogens with zero attached hydrogens (tertiary/aromatic N) is 1. The van der Waals surface area contributed by atoms with Gasteiger partial charge in [0.1, 0.15) is 10.7 Å². The first-order chi connectivity index (χ1) is 12.4. The van der Waals surface area contributed by atoms with Gasteiger partial charge in [-0.3, -0.25) is 14.9 Å². The number of non-ortho nitro benzene ring substituents is 1. The van der Waals surface area contributed by atoms with Gasteiger partial charge in [-0.25, -0.2) is 9.18 Å². The predicted octanol–water partition coefficient (Wildman–Crippen LogP) is 3.74. The van der Waals surface area contributed by atoms with Crippen molar-refractivity contribution in [3.05, 3.63) is 69.3 Å². The summed E-state index contributed by atoms with van der Waals surface area (Å²) >= 11 is 1.07. The van der Waals surface area contributed by atoms with Crippen LogP contribution in [-0.2, 0) is 9.53 Å². The lowest BCUT2D eigenvalue weighted by molar-refractivity contribution is -0.384. The van der Waals surface area contributed by atoms with Gasteiger partial charge in [0.25, 0.3) is 11.6 Å². The number of thiophene rings is 1. The van der Waals surface area contributed by atoms with Crippen LogP contribution in [0, 0.1) is 15.9 Å². The molecule has 9 heteroatoms. The Balaban J connectivity index is 1.58. The van der Waals surface area contributed by atoms with Crippen molar-refractivity contribution >= 4 is 44.7 Å². The highest BCUT2D eigenvalue weighted by Gasteiger charge is 2.15. The molecule has 0 unspecified atom stereocenters. The molecule has 0 fully saturated rings. The second kappa shape index (κ2) is 7.28. The second-order valence-corrected chi connectivity index (χ2v) is 6.27. The number of amides is 1. The Hall–Kier alpha value is -3.33. The number of hydrogen-bond acceptors (Lipinski definition) is 6. The molecule has 0 bridgehead atoms. The van der Waals surface area contributed by atoms with Gasteiger partial charge in [-0.05, 0) is 30.3 Å². The molecule has 0 saturated carbocycles. The summed E-state index contributed by atoms with van der Waals surface area (Å²) in [6.07, 6.45) is 0. The normalized spacial score (nSPS) is 10.5. The fourth-order valence-corrected chi connectivity index (χ4v) is 3.16. The van der Waals surface area contributed by atoms with Gasteiger partial charge in [-0.2, -0.15) is 0 Å². The zero-order valence-electron chi connectivity index (χ0n) is 13.1. The van der Waals surface area contributed by atoms with Crippen LogP contribution in [0.25, 0.3) is 10.1 Å². The average Bonchev–Trinajstić information content (AvgIpc) is 3.06. The number of nitro benzene ring substituents is 1. The quantitative estimate of drug-likeness (QED) is 0.417. The number of carbonyl (C=O) groups excluding carboxylic acids is 2. The molecule has 3 rings (SSSR count). The molecule has 132 valence electrons. The first kappa shape index (κ1) is 17.5. The topological polar surface area (TPSA) is 98.5 Å². The van der Waals surface area contributed by atoms with E-state index >= 15 is 0 Å². The van der Waals surface area contributed by atoms with E-state index in [0.29, 0.717) is 15.8 Å². The average molecular weight is 374 g/mol. The first-order valence-corrected chi connectivity index (χ1v) is 8.15. The van der Waals surface area contributed by atoms with E-state index in [2.05, 4.69) is 5.32 Å². The van der Waals surface area contributed by atoms with E-state index in [1.165, 1.54) is 36.4 Å². The minimum Gasteiger partial charge on any atom is -0.451 e. The van der Waals surface area contributed by atoms with Crippen molar-refractivity contribution in [1.29, 1.82) is 0 Å². The Morgan fingerprint density at radius 3 is 2.58 bits per heavy atom. The molecule has 0 saturated heterocycles. The molecular formula is C17H11FN2O5S. The summed E-state index contributed by atoms with van der Waals surface area (Å²) in [6.45, 7) is -0.535. The van der Waals surface area contributed by atoms with Crippen molar-refractivity contribution in [3.8, 4) is 0 Å². The standard InChI is InChI=1S/C17H11FN2O5S/c18-13-2-1-3-14-12(13)8-15(26-14)17(22)25-9-16(21)19-10-4-6-11(7-5-10)20(23)24/h1-8H,9H2,(H,19,21). The molecule has 7 nitrogen and oxygen atoms in total. The third kappa shape index (κ3) is 3.83. The molecule has 0 radical (unpaired) electrons. The number of benzene rings is 2. The van der Waals surface area contributed by atoms with Crippen molar-refractivity contribution in [1.82, 2.24) is 0 Å². The molecule has 3 aromatic rings. The monoisotopic (exact) mass is 374 g/mol. The van der Waals surface area contributed by atoms with Crippen molar-refractivity contribution in [2.24, 2.45) is 0 Å². The summed E-state index contributed by atoms with van der Waals surface area (Å²) in [7, 11) is 0. The molecule has 0 aliphatic carbocycles. The van der Waals surface area contributed by atoms with E-state index in [9.17, 15) is 24.1 Å². The summed E-state index contributed by atoms with van der Waals surface area (Å²) < 4.78 is 19.2. The second-order valence-electron chi connectivity index (χ2n) is 5.19. The highest BCUT2D eigenvalue weighted by Crippen LogP contribution is 2.28. The highest BCUT2D eigenvalue weighted by molar-refractivity contribution is 7.20. The number of carbonyl (C=O) groups is 2. The van der Waals surface area contributed by atoms with Crippen LogP contribution >= 0.6 is 11.3 Å². The number of esters is 1. The lowest BCUT2D eigenvalue weighted by Gasteiger charge is -2.05. The molecule has 26 heavy (non-hydrogen) atoms. The van der Waals surface area contributed by atoms with Crippen LogP contribution in [-0.4, -0.2) is 23.4 Å². The number of nitro groups is 1. The smallest absolute Gasteiger partial charge is 0.348 e. The van der Waals surface area contributed by atoms with Gasteiger partial charge in [-0.15, -0.1) is 11.3 Å². The first-order valence-electron chi connectivity index (χ1n) is 7.33. The summed E-state index contributed by atoms with van der Waals surface area (Å²) in [4.78, 5) is 34.0. The van der Waals surface area contributed by atoms with Crippen LogP contribution in [0.5, 0.6) is 0 Å². The number of anilines is 1. The fourth-order valence-electron chi connectivity index (χ4n) is 2.19. The number of halogens is 1. The minimum atomic E-state index is -0.732. The number of hydrogen-bond donors (Lipinski definition) is 1. The van der Waals surface area contributed by atoms with Gasteiger partial charge in [-0.1, -0.05) is 6.07 Å². The zero-order valence-corrected chi connectivity index (χ0v) is 13.9. The van der Waals surface area contributed by atoms with Crippen molar-refractivity contribution < 1.29 is 23.6 Å². The molecule has 0 spiro atoms. The van der Waals surface area contributed by atoms with Crippen LogP contribution in [0.2, 0.25) is 0 Å². The van der Waals surface area contributed by atoms with E-state index in [1.54, 1.807) is 12.1 Å². The summed E-state index contributed by atoms with van der Waals surface area (Å²) in [5, 5.41) is 13.3. The predicted molar refractivity (Wildman–Crippen MR) is 93.8 cm³/mol. The molecule has 1 heterocycles. The van der Waals surface area contributed by atoms with Crippen molar-refractivity contribution in [3.63, 3.8) is 0 Å². The largest absolute Gasteiger partial charge is 0.451 e. The van der Waals surface area contributed by atoms with Crippen LogP contribution in [0.15, 0.2) is 48.5 Å². The van der Waals surface area contributed by atoms with E-state index < -0.39 is 29.2 Å². The Kier molecular flexibility index (Phi) is 4.90. The maximum Gasteiger partial charge on any atom is 0.348 e. The third-order valence-electron chi connectivity index (χ3n) is 3.41. The molecule has 2 aromatic carbocycles. The summed E-state index contributed by atoms with van der Waals surface area (Å²) in [6, 6.07) is 11.1. The summed E-state index contributed by atoms with van der Waals surface area (Å²) in [5.74, 6) is -1.77. The van der Waals surface area contributed by atoms with Gasteiger partial charge in [0, 0.05) is 27.9 Å². The number of nitrogens with one attached hydrogen (secondary N) is 1. The Bertz CT molecular complexity index is 1000. The zero-order chi connectivity index (χ0) is 18.7. The van der Waals surface area contributed by atoms with Crippen molar-refractivity contribution in [2.45, 2.75) is 0 Å². The van der Waals surface area contributed by atoms with Crippen LogP contribution in [0.3, 0.4) is 0 Å². The molecule has 1 aromatic heterocycles. The van der Waals surface area contributed by atoms with Gasteiger partial charge in [0.15, 0.2) is 6.61 Å². The van der Waals surface area contributed by atoms with Crippen LogP contribution < -0.4 is 5.32 Å². The Morgan fingerprint density at radius 2 is 1.92 bits per heavy atom. The number of rotatable bonds is 5. The van der Waals surface area contributed by atoms with E-state index in [4.69, 9.17) is 4.74 Å². The Morgan fingerprint density at radius 1 is 1.19 bits per heavy atom. The molecular weight excluding hydrogens is 363 g/mol. The number of fused-ring (bicyclic) bond motifs is 1. The lowest BCUT2D eigenvalue weighted by atomic mass is 10.2. The maximum atomic E-state index is 13.6. The molecule has 0 atom stereocenters.